The number of nitrogens with zero attached hydrogens (tertiary/aromatic N) is 1. The van der Waals surface area contributed by atoms with Crippen LogP contribution in [0.3, 0.4) is 0 Å². The van der Waals surface area contributed by atoms with E-state index in [0.29, 0.717) is 5.56 Å². The third-order valence-corrected chi connectivity index (χ3v) is 5.45. The molecule has 2 aromatic carbocycles. The first-order chi connectivity index (χ1) is 14.0. The molecule has 2 amide bonds. The predicted octanol–water partition coefficient (Wildman–Crippen LogP) is 3.22. The van der Waals surface area contributed by atoms with Crippen molar-refractivity contribution in [1.29, 1.82) is 0 Å². The average molecular weight is 394 g/mol. The Balaban J connectivity index is 1.49. The van der Waals surface area contributed by atoms with Gasteiger partial charge in [0.2, 0.25) is 5.91 Å². The number of rotatable bonds is 7. The zero-order valence-electron chi connectivity index (χ0n) is 17.3. The summed E-state index contributed by atoms with van der Waals surface area (Å²) in [6.45, 7) is 6.78. The van der Waals surface area contributed by atoms with Crippen LogP contribution in [0.2, 0.25) is 0 Å². The number of amides is 2. The molecule has 0 saturated carbocycles. The van der Waals surface area contributed by atoms with Crippen LogP contribution in [0.1, 0.15) is 42.6 Å². The lowest BCUT2D eigenvalue weighted by Gasteiger charge is -2.33. The van der Waals surface area contributed by atoms with Gasteiger partial charge in [0.25, 0.3) is 5.91 Å². The molecule has 5 heteroatoms. The molecule has 1 unspecified atom stereocenters. The Morgan fingerprint density at radius 2 is 1.55 bits per heavy atom. The van der Waals surface area contributed by atoms with E-state index in [9.17, 15) is 9.59 Å². The van der Waals surface area contributed by atoms with Crippen LogP contribution in [0, 0.1) is 5.92 Å². The van der Waals surface area contributed by atoms with Crippen molar-refractivity contribution >= 4 is 11.8 Å². The molecule has 1 heterocycles. The Labute approximate surface area is 173 Å². The van der Waals surface area contributed by atoms with E-state index in [0.717, 1.165) is 32.5 Å². The predicted molar refractivity (Wildman–Crippen MR) is 115 cm³/mol. The number of carbonyl (C=O) groups excluding carboxylic acids is 2. The lowest BCUT2D eigenvalue weighted by Crippen LogP contribution is -2.53. The highest BCUT2D eigenvalue weighted by atomic mass is 16.2. The number of hydrogen-bond donors (Lipinski definition) is 2. The molecule has 1 aliphatic heterocycles. The van der Waals surface area contributed by atoms with Gasteiger partial charge in [0, 0.05) is 31.2 Å². The first-order valence-corrected chi connectivity index (χ1v) is 10.5. The Morgan fingerprint density at radius 3 is 2.14 bits per heavy atom. The summed E-state index contributed by atoms with van der Waals surface area (Å²) in [4.78, 5) is 27.8. The standard InChI is InChI=1S/C24H31N3O2/c1-18(2)22(26-23(28)20-11-7-4-8-12-20)24(29)25-21-13-15-27(16-14-21)17-19-9-5-3-6-10-19/h3-12,18,21-22H,13-17H2,1-2H3,(H,25,29)(H,26,28). The minimum atomic E-state index is -0.537. The maximum Gasteiger partial charge on any atom is 0.251 e. The maximum absolute atomic E-state index is 12.9. The van der Waals surface area contributed by atoms with Crippen LogP contribution < -0.4 is 10.6 Å². The molecule has 1 saturated heterocycles. The molecule has 154 valence electrons. The van der Waals surface area contributed by atoms with Crippen molar-refractivity contribution in [2.24, 2.45) is 5.92 Å². The van der Waals surface area contributed by atoms with Crippen LogP contribution in [0.4, 0.5) is 0 Å². The molecule has 2 aromatic rings. The number of carbonyl (C=O) groups is 2. The van der Waals surface area contributed by atoms with Crippen LogP contribution in [-0.4, -0.2) is 41.9 Å². The minimum Gasteiger partial charge on any atom is -0.351 e. The van der Waals surface area contributed by atoms with Crippen molar-refractivity contribution in [3.63, 3.8) is 0 Å². The number of piperidine rings is 1. The molecule has 2 N–H and O–H groups in total. The van der Waals surface area contributed by atoms with Crippen LogP contribution in [0.25, 0.3) is 0 Å². The van der Waals surface area contributed by atoms with Crippen LogP contribution in [0.15, 0.2) is 60.7 Å². The van der Waals surface area contributed by atoms with E-state index < -0.39 is 6.04 Å². The van der Waals surface area contributed by atoms with Gasteiger partial charge in [0.15, 0.2) is 0 Å². The Hall–Kier alpha value is -2.66. The fourth-order valence-electron chi connectivity index (χ4n) is 3.72. The molecule has 1 fully saturated rings. The van der Waals surface area contributed by atoms with Gasteiger partial charge in [-0.25, -0.2) is 0 Å². The third kappa shape index (κ3) is 6.16. The molecule has 0 spiro atoms. The molecular weight excluding hydrogens is 362 g/mol. The second-order valence-electron chi connectivity index (χ2n) is 8.11. The highest BCUT2D eigenvalue weighted by molar-refractivity contribution is 5.97. The lowest BCUT2D eigenvalue weighted by molar-refractivity contribution is -0.125. The second-order valence-corrected chi connectivity index (χ2v) is 8.11. The number of likely N-dealkylation sites (tertiary alicyclic amines) is 1. The van der Waals surface area contributed by atoms with Gasteiger partial charge >= 0.3 is 0 Å². The summed E-state index contributed by atoms with van der Waals surface area (Å²) in [6.07, 6.45) is 1.85. The highest BCUT2D eigenvalue weighted by Gasteiger charge is 2.28. The van der Waals surface area contributed by atoms with Crippen LogP contribution in [0.5, 0.6) is 0 Å². The maximum atomic E-state index is 12.9. The van der Waals surface area contributed by atoms with Gasteiger partial charge in [-0.15, -0.1) is 0 Å². The summed E-state index contributed by atoms with van der Waals surface area (Å²) in [7, 11) is 0. The van der Waals surface area contributed by atoms with E-state index >= 15 is 0 Å². The van der Waals surface area contributed by atoms with Gasteiger partial charge in [0.05, 0.1) is 0 Å². The SMILES string of the molecule is CC(C)C(NC(=O)c1ccccc1)C(=O)NC1CCN(Cc2ccccc2)CC1. The molecule has 5 nitrogen and oxygen atoms in total. The van der Waals surface area contributed by atoms with Gasteiger partial charge in [-0.1, -0.05) is 62.4 Å². The van der Waals surface area contributed by atoms with Crippen LogP contribution >= 0.6 is 0 Å². The van der Waals surface area contributed by atoms with Gasteiger partial charge in [-0.2, -0.15) is 0 Å². The van der Waals surface area contributed by atoms with E-state index in [1.54, 1.807) is 12.1 Å². The fourth-order valence-corrected chi connectivity index (χ4v) is 3.72. The van der Waals surface area contributed by atoms with Crippen molar-refractivity contribution in [2.45, 2.75) is 45.3 Å². The first kappa shape index (κ1) is 21.1. The van der Waals surface area contributed by atoms with Crippen LogP contribution in [-0.2, 0) is 11.3 Å². The Bertz CT molecular complexity index is 784. The van der Waals surface area contributed by atoms with E-state index in [2.05, 4.69) is 39.8 Å². The van der Waals surface area contributed by atoms with Gasteiger partial charge < -0.3 is 10.6 Å². The van der Waals surface area contributed by atoms with Crippen molar-refractivity contribution in [1.82, 2.24) is 15.5 Å². The van der Waals surface area contributed by atoms with Crippen molar-refractivity contribution < 1.29 is 9.59 Å². The molecule has 1 aliphatic rings. The topological polar surface area (TPSA) is 61.4 Å². The van der Waals surface area contributed by atoms with E-state index in [4.69, 9.17) is 0 Å². The Morgan fingerprint density at radius 1 is 0.966 bits per heavy atom. The number of nitrogens with one attached hydrogen (secondary N) is 2. The third-order valence-electron chi connectivity index (χ3n) is 5.45. The number of hydrogen-bond acceptors (Lipinski definition) is 3. The molecule has 0 aromatic heterocycles. The number of benzene rings is 2. The monoisotopic (exact) mass is 393 g/mol. The van der Waals surface area contributed by atoms with E-state index in [1.165, 1.54) is 5.56 Å². The molecular formula is C24H31N3O2. The first-order valence-electron chi connectivity index (χ1n) is 10.5. The molecule has 0 radical (unpaired) electrons. The van der Waals surface area contributed by atoms with Gasteiger partial charge in [-0.05, 0) is 36.5 Å². The second kappa shape index (κ2) is 10.2. The van der Waals surface area contributed by atoms with Gasteiger partial charge in [-0.3, -0.25) is 14.5 Å². The van der Waals surface area contributed by atoms with Crippen molar-refractivity contribution in [2.75, 3.05) is 13.1 Å². The summed E-state index contributed by atoms with van der Waals surface area (Å²) in [6, 6.07) is 19.1. The lowest BCUT2D eigenvalue weighted by atomic mass is 10.00. The highest BCUT2D eigenvalue weighted by Crippen LogP contribution is 2.15. The van der Waals surface area contributed by atoms with Crippen molar-refractivity contribution in [3.05, 3.63) is 71.8 Å². The summed E-state index contributed by atoms with van der Waals surface area (Å²) >= 11 is 0. The molecule has 1 atom stereocenters. The summed E-state index contributed by atoms with van der Waals surface area (Å²) < 4.78 is 0. The molecule has 0 aliphatic carbocycles. The van der Waals surface area contributed by atoms with E-state index in [-0.39, 0.29) is 23.8 Å². The molecule has 0 bridgehead atoms. The van der Waals surface area contributed by atoms with Gasteiger partial charge in [0.1, 0.15) is 6.04 Å². The van der Waals surface area contributed by atoms with E-state index in [1.807, 2.05) is 38.1 Å². The summed E-state index contributed by atoms with van der Waals surface area (Å²) in [5.41, 5.74) is 1.89. The quantitative estimate of drug-likeness (QED) is 0.759. The summed E-state index contributed by atoms with van der Waals surface area (Å²) in [5.74, 6) is -0.288. The Kier molecular flexibility index (Phi) is 7.42. The largest absolute Gasteiger partial charge is 0.351 e. The minimum absolute atomic E-state index is 0.0147. The fraction of sp³-hybridized carbons (Fsp3) is 0.417. The van der Waals surface area contributed by atoms with Crippen molar-refractivity contribution in [3.8, 4) is 0 Å². The summed E-state index contributed by atoms with van der Waals surface area (Å²) in [5, 5.41) is 6.06. The molecule has 3 rings (SSSR count). The molecule has 29 heavy (non-hydrogen) atoms. The zero-order valence-corrected chi connectivity index (χ0v) is 17.3. The smallest absolute Gasteiger partial charge is 0.251 e. The zero-order chi connectivity index (χ0) is 20.6. The normalized spacial score (nSPS) is 16.4. The average Bonchev–Trinajstić information content (AvgIpc) is 2.74.